The standard InChI is InChI=1S/C17H27BN4O4/c1-11(2)10-15(18(25)26)19-17(24)7-5-14(23)13-8-9-22(13)16-6-4-12(3)20-21-16/h4,6,11,13,15,25-26H,5,7-10H2,1-3H3,(H,19,24)/t13-,15+/m0/s1. The summed E-state index contributed by atoms with van der Waals surface area (Å²) in [6, 6.07) is 3.42. The smallest absolute Gasteiger partial charge is 0.426 e. The van der Waals surface area contributed by atoms with E-state index < -0.39 is 13.1 Å². The van der Waals surface area contributed by atoms with E-state index in [0.717, 1.165) is 18.7 Å². The first-order chi connectivity index (χ1) is 12.3. The zero-order valence-corrected chi connectivity index (χ0v) is 15.6. The number of nitrogens with one attached hydrogen (secondary N) is 1. The second kappa shape index (κ2) is 9.09. The van der Waals surface area contributed by atoms with Gasteiger partial charge in [0.15, 0.2) is 11.6 Å². The fourth-order valence-corrected chi connectivity index (χ4v) is 2.99. The van der Waals surface area contributed by atoms with Crippen LogP contribution in [0.2, 0.25) is 0 Å². The Morgan fingerprint density at radius 2 is 2.04 bits per heavy atom. The topological polar surface area (TPSA) is 116 Å². The number of nitrogens with zero attached hydrogens (tertiary/aromatic N) is 3. The number of aromatic nitrogens is 2. The normalized spacial score (nSPS) is 17.6. The molecule has 1 aliphatic heterocycles. The number of amides is 1. The molecular formula is C17H27BN4O4. The summed E-state index contributed by atoms with van der Waals surface area (Å²) < 4.78 is 0. The number of aryl methyl sites for hydroxylation is 1. The highest BCUT2D eigenvalue weighted by molar-refractivity contribution is 6.43. The van der Waals surface area contributed by atoms with Crippen LogP contribution in [0, 0.1) is 12.8 Å². The summed E-state index contributed by atoms with van der Waals surface area (Å²) >= 11 is 0. The molecule has 2 rings (SSSR count). The summed E-state index contributed by atoms with van der Waals surface area (Å²) in [6.45, 7) is 6.46. The molecular weight excluding hydrogens is 335 g/mol. The SMILES string of the molecule is Cc1ccc(N2CC[C@H]2C(=O)CCC(=O)N[C@H](CC(C)C)B(O)O)nn1. The maximum absolute atomic E-state index is 12.4. The van der Waals surface area contributed by atoms with E-state index in [2.05, 4.69) is 15.5 Å². The van der Waals surface area contributed by atoms with Gasteiger partial charge in [-0.25, -0.2) is 0 Å². The highest BCUT2D eigenvalue weighted by atomic mass is 16.4. The zero-order chi connectivity index (χ0) is 19.3. The molecule has 1 amide bonds. The fraction of sp³-hybridized carbons (Fsp3) is 0.647. The Bertz CT molecular complexity index is 624. The number of hydrogen-bond acceptors (Lipinski definition) is 7. The molecule has 0 spiro atoms. The quantitative estimate of drug-likeness (QED) is 0.540. The summed E-state index contributed by atoms with van der Waals surface area (Å²) in [5.74, 6) is -0.203. The molecule has 0 aromatic carbocycles. The van der Waals surface area contributed by atoms with Gasteiger partial charge in [-0.2, -0.15) is 5.10 Å². The second-order valence-corrected chi connectivity index (χ2v) is 7.21. The van der Waals surface area contributed by atoms with Crippen molar-refractivity contribution in [1.82, 2.24) is 15.5 Å². The second-order valence-electron chi connectivity index (χ2n) is 7.21. The van der Waals surface area contributed by atoms with E-state index in [1.165, 1.54) is 0 Å². The molecule has 2 heterocycles. The maximum atomic E-state index is 12.4. The van der Waals surface area contributed by atoms with Gasteiger partial charge in [-0.15, -0.1) is 5.10 Å². The van der Waals surface area contributed by atoms with E-state index in [4.69, 9.17) is 0 Å². The van der Waals surface area contributed by atoms with E-state index in [0.29, 0.717) is 12.2 Å². The predicted octanol–water partition coefficient (Wildman–Crippen LogP) is 0.256. The molecule has 26 heavy (non-hydrogen) atoms. The van der Waals surface area contributed by atoms with Crippen LogP contribution in [0.3, 0.4) is 0 Å². The van der Waals surface area contributed by atoms with E-state index in [-0.39, 0.29) is 36.5 Å². The van der Waals surface area contributed by atoms with Gasteiger partial charge in [-0.05, 0) is 37.8 Å². The molecule has 1 saturated heterocycles. The Hall–Kier alpha value is -2.00. The number of carbonyl (C=O) groups is 2. The van der Waals surface area contributed by atoms with Gasteiger partial charge < -0.3 is 20.3 Å². The molecule has 2 atom stereocenters. The number of Topliss-reactive ketones (excluding diaryl/α,β-unsaturated/α-hetero) is 1. The van der Waals surface area contributed by atoms with Crippen LogP contribution in [-0.2, 0) is 9.59 Å². The number of hydrogen-bond donors (Lipinski definition) is 3. The van der Waals surface area contributed by atoms with Crippen LogP contribution in [0.5, 0.6) is 0 Å². The molecule has 1 aromatic heterocycles. The molecule has 8 nitrogen and oxygen atoms in total. The largest absolute Gasteiger partial charge is 0.475 e. The Balaban J connectivity index is 1.82. The lowest BCUT2D eigenvalue weighted by Crippen LogP contribution is -2.53. The minimum atomic E-state index is -1.61. The molecule has 1 aliphatic rings. The molecule has 0 bridgehead atoms. The summed E-state index contributed by atoms with van der Waals surface area (Å²) in [4.78, 5) is 26.3. The van der Waals surface area contributed by atoms with Gasteiger partial charge in [0, 0.05) is 19.4 Å². The Kier molecular flexibility index (Phi) is 7.10. The first-order valence-corrected chi connectivity index (χ1v) is 9.03. The van der Waals surface area contributed by atoms with Gasteiger partial charge in [-0.3, -0.25) is 9.59 Å². The van der Waals surface area contributed by atoms with E-state index in [1.54, 1.807) is 0 Å². The molecule has 1 fully saturated rings. The monoisotopic (exact) mass is 362 g/mol. The molecule has 3 N–H and O–H groups in total. The molecule has 0 radical (unpaired) electrons. The van der Waals surface area contributed by atoms with Crippen LogP contribution in [0.4, 0.5) is 5.82 Å². The third-order valence-corrected chi connectivity index (χ3v) is 4.50. The minimum absolute atomic E-state index is 0.0151. The lowest BCUT2D eigenvalue weighted by molar-refractivity contribution is -0.126. The average Bonchev–Trinajstić information content (AvgIpc) is 2.53. The van der Waals surface area contributed by atoms with Gasteiger partial charge in [0.1, 0.15) is 0 Å². The number of anilines is 1. The van der Waals surface area contributed by atoms with E-state index >= 15 is 0 Å². The molecule has 142 valence electrons. The Morgan fingerprint density at radius 1 is 1.31 bits per heavy atom. The summed E-state index contributed by atoms with van der Waals surface area (Å²) in [6.07, 6.45) is 1.34. The molecule has 9 heteroatoms. The van der Waals surface area contributed by atoms with Crippen LogP contribution in [-0.4, -0.2) is 57.6 Å². The fourth-order valence-electron chi connectivity index (χ4n) is 2.99. The van der Waals surface area contributed by atoms with Crippen molar-refractivity contribution in [3.8, 4) is 0 Å². The molecule has 0 unspecified atom stereocenters. The first-order valence-electron chi connectivity index (χ1n) is 9.03. The van der Waals surface area contributed by atoms with Crippen molar-refractivity contribution in [2.75, 3.05) is 11.4 Å². The lowest BCUT2D eigenvalue weighted by Gasteiger charge is -2.40. The van der Waals surface area contributed by atoms with Gasteiger partial charge in [0.25, 0.3) is 0 Å². The molecule has 1 aromatic rings. The maximum Gasteiger partial charge on any atom is 0.475 e. The third-order valence-electron chi connectivity index (χ3n) is 4.50. The van der Waals surface area contributed by atoms with E-state index in [1.807, 2.05) is 37.8 Å². The van der Waals surface area contributed by atoms with Crippen molar-refractivity contribution in [3.05, 3.63) is 17.8 Å². The highest BCUT2D eigenvalue weighted by Crippen LogP contribution is 2.25. The van der Waals surface area contributed by atoms with Crippen LogP contribution < -0.4 is 10.2 Å². The lowest BCUT2D eigenvalue weighted by atomic mass is 9.75. The predicted molar refractivity (Wildman–Crippen MR) is 98.3 cm³/mol. The first kappa shape index (κ1) is 20.3. The van der Waals surface area contributed by atoms with Crippen molar-refractivity contribution in [2.24, 2.45) is 5.92 Å². The Labute approximate surface area is 154 Å². The molecule has 0 saturated carbocycles. The zero-order valence-electron chi connectivity index (χ0n) is 15.6. The summed E-state index contributed by atoms with van der Waals surface area (Å²) in [5.41, 5.74) is 0.816. The summed E-state index contributed by atoms with van der Waals surface area (Å²) in [5, 5.41) is 29.4. The van der Waals surface area contributed by atoms with Crippen LogP contribution in [0.1, 0.15) is 45.2 Å². The number of ketones is 1. The Morgan fingerprint density at radius 3 is 2.54 bits per heavy atom. The molecule has 0 aliphatic carbocycles. The van der Waals surface area contributed by atoms with Crippen LogP contribution in [0.25, 0.3) is 0 Å². The van der Waals surface area contributed by atoms with Gasteiger partial charge in [-0.1, -0.05) is 13.8 Å². The van der Waals surface area contributed by atoms with Crippen molar-refractivity contribution >= 4 is 24.6 Å². The van der Waals surface area contributed by atoms with E-state index in [9.17, 15) is 19.6 Å². The summed E-state index contributed by atoms with van der Waals surface area (Å²) in [7, 11) is -1.61. The van der Waals surface area contributed by atoms with Crippen molar-refractivity contribution in [2.45, 2.75) is 58.4 Å². The van der Waals surface area contributed by atoms with Gasteiger partial charge >= 0.3 is 7.12 Å². The highest BCUT2D eigenvalue weighted by Gasteiger charge is 2.35. The van der Waals surface area contributed by atoms with Crippen molar-refractivity contribution in [1.29, 1.82) is 0 Å². The van der Waals surface area contributed by atoms with Gasteiger partial charge in [0.05, 0.1) is 17.7 Å². The van der Waals surface area contributed by atoms with Gasteiger partial charge in [0.2, 0.25) is 5.91 Å². The average molecular weight is 362 g/mol. The minimum Gasteiger partial charge on any atom is -0.426 e. The van der Waals surface area contributed by atoms with Crippen LogP contribution in [0.15, 0.2) is 12.1 Å². The van der Waals surface area contributed by atoms with Crippen molar-refractivity contribution < 1.29 is 19.6 Å². The van der Waals surface area contributed by atoms with Crippen LogP contribution >= 0.6 is 0 Å². The number of carbonyl (C=O) groups excluding carboxylic acids is 2. The van der Waals surface area contributed by atoms with Crippen molar-refractivity contribution in [3.63, 3.8) is 0 Å². The number of rotatable bonds is 9. The third kappa shape index (κ3) is 5.50.